The molecule has 10 heteroatoms. The molecule has 0 saturated heterocycles. The molecule has 0 fully saturated rings. The van der Waals surface area contributed by atoms with Gasteiger partial charge in [-0.25, -0.2) is 9.50 Å². The highest BCUT2D eigenvalue weighted by molar-refractivity contribution is 7.98. The fourth-order valence-electron chi connectivity index (χ4n) is 3.70. The summed E-state index contributed by atoms with van der Waals surface area (Å²) in [5.74, 6) is -0.0624. The predicted molar refractivity (Wildman–Crippen MR) is 117 cm³/mol. The Kier molecular flexibility index (Phi) is 6.05. The van der Waals surface area contributed by atoms with Crippen LogP contribution in [0.15, 0.2) is 11.2 Å². The monoisotopic (exact) mass is 444 g/mol. The molecule has 30 heavy (non-hydrogen) atoms. The van der Waals surface area contributed by atoms with Gasteiger partial charge in [0.2, 0.25) is 11.1 Å². The second-order valence-electron chi connectivity index (χ2n) is 7.37. The van der Waals surface area contributed by atoms with Crippen LogP contribution >= 0.6 is 23.1 Å². The van der Waals surface area contributed by atoms with Crippen LogP contribution in [0.2, 0.25) is 0 Å². The number of thioether (sulfide) groups is 1. The second-order valence-corrected chi connectivity index (χ2v) is 9.28. The average molecular weight is 445 g/mol. The molecule has 0 radical (unpaired) electrons. The van der Waals surface area contributed by atoms with Crippen LogP contribution in [0.3, 0.4) is 0 Å². The van der Waals surface area contributed by atoms with E-state index < -0.39 is 0 Å². The van der Waals surface area contributed by atoms with Crippen LogP contribution in [0.25, 0.3) is 5.78 Å². The summed E-state index contributed by atoms with van der Waals surface area (Å²) >= 11 is 2.97. The first-order chi connectivity index (χ1) is 14.5. The molecule has 2 amide bonds. The summed E-state index contributed by atoms with van der Waals surface area (Å²) in [7, 11) is 0. The second kappa shape index (κ2) is 8.73. The number of hydrogen-bond donors (Lipinski definition) is 2. The van der Waals surface area contributed by atoms with Gasteiger partial charge in [0, 0.05) is 21.8 Å². The van der Waals surface area contributed by atoms with Crippen molar-refractivity contribution in [3.05, 3.63) is 38.3 Å². The summed E-state index contributed by atoms with van der Waals surface area (Å²) < 4.78 is 1.65. The highest BCUT2D eigenvalue weighted by Crippen LogP contribution is 2.28. The van der Waals surface area contributed by atoms with Crippen LogP contribution in [0.4, 0.5) is 0 Å². The van der Waals surface area contributed by atoms with Gasteiger partial charge in [-0.05, 0) is 57.4 Å². The van der Waals surface area contributed by atoms with E-state index in [0.29, 0.717) is 15.8 Å². The van der Waals surface area contributed by atoms with Gasteiger partial charge in [-0.3, -0.25) is 20.4 Å². The molecule has 1 aliphatic carbocycles. The number of carbonyl (C=O) groups is 2. The van der Waals surface area contributed by atoms with Crippen molar-refractivity contribution < 1.29 is 9.59 Å². The Bertz CT molecular complexity index is 1100. The zero-order valence-corrected chi connectivity index (χ0v) is 18.9. The number of nitrogens with zero attached hydrogens (tertiary/aromatic N) is 4. The minimum atomic E-state index is -0.306. The van der Waals surface area contributed by atoms with Crippen molar-refractivity contribution >= 4 is 40.7 Å². The first-order valence-corrected chi connectivity index (χ1v) is 12.0. The van der Waals surface area contributed by atoms with E-state index >= 15 is 0 Å². The third-order valence-electron chi connectivity index (χ3n) is 5.34. The maximum Gasteiger partial charge on any atom is 0.279 e. The van der Waals surface area contributed by atoms with E-state index in [1.165, 1.54) is 52.8 Å². The van der Waals surface area contributed by atoms with Crippen molar-refractivity contribution in [2.45, 2.75) is 57.5 Å². The Balaban J connectivity index is 1.42. The van der Waals surface area contributed by atoms with Gasteiger partial charge in [0.1, 0.15) is 0 Å². The topological polar surface area (TPSA) is 101 Å². The lowest BCUT2D eigenvalue weighted by Crippen LogP contribution is -2.42. The van der Waals surface area contributed by atoms with Gasteiger partial charge in [0.05, 0.1) is 11.3 Å². The highest BCUT2D eigenvalue weighted by Gasteiger charge is 2.19. The Labute approximate surface area is 182 Å². The lowest BCUT2D eigenvalue weighted by molar-refractivity contribution is -0.121. The molecule has 0 unspecified atom stereocenters. The van der Waals surface area contributed by atoms with E-state index in [4.69, 9.17) is 0 Å². The molecule has 0 bridgehead atoms. The molecule has 3 heterocycles. The quantitative estimate of drug-likeness (QED) is 0.365. The van der Waals surface area contributed by atoms with Gasteiger partial charge < -0.3 is 0 Å². The number of hydrazine groups is 1. The molecular formula is C20H24N6O2S2. The summed E-state index contributed by atoms with van der Waals surface area (Å²) in [4.78, 5) is 35.7. The van der Waals surface area contributed by atoms with Crippen molar-refractivity contribution in [3.8, 4) is 0 Å². The fourth-order valence-corrected chi connectivity index (χ4v) is 5.19. The van der Waals surface area contributed by atoms with Gasteiger partial charge in [-0.2, -0.15) is 4.98 Å². The predicted octanol–water partition coefficient (Wildman–Crippen LogP) is 2.80. The van der Waals surface area contributed by atoms with E-state index in [1.807, 2.05) is 26.2 Å². The molecule has 8 nitrogen and oxygen atoms in total. The molecule has 0 aromatic carbocycles. The SMILES string of the molecule is CSc1nc2nc(C)c(CC(=O)NNC(=O)c3cc4c(s3)CCCCC4)c(C)n2n1. The number of fused-ring (bicyclic) bond motifs is 2. The molecule has 0 aliphatic heterocycles. The van der Waals surface area contributed by atoms with E-state index in [0.717, 1.165) is 29.8 Å². The number of rotatable bonds is 4. The van der Waals surface area contributed by atoms with Gasteiger partial charge >= 0.3 is 0 Å². The van der Waals surface area contributed by atoms with Gasteiger partial charge in [-0.15, -0.1) is 16.4 Å². The van der Waals surface area contributed by atoms with E-state index in [-0.39, 0.29) is 18.2 Å². The minimum Gasteiger partial charge on any atom is -0.273 e. The Morgan fingerprint density at radius 3 is 2.77 bits per heavy atom. The van der Waals surface area contributed by atoms with Crippen molar-refractivity contribution in [1.82, 2.24) is 30.4 Å². The maximum atomic E-state index is 12.5. The van der Waals surface area contributed by atoms with Crippen LogP contribution in [-0.4, -0.2) is 37.7 Å². The summed E-state index contributed by atoms with van der Waals surface area (Å²) in [6, 6.07) is 1.97. The summed E-state index contributed by atoms with van der Waals surface area (Å²) in [5, 5.41) is 5.03. The van der Waals surface area contributed by atoms with Crippen LogP contribution in [0, 0.1) is 13.8 Å². The van der Waals surface area contributed by atoms with Gasteiger partial charge in [-0.1, -0.05) is 18.2 Å². The average Bonchev–Trinajstić information content (AvgIpc) is 3.27. The smallest absolute Gasteiger partial charge is 0.273 e. The summed E-state index contributed by atoms with van der Waals surface area (Å²) in [5.41, 5.74) is 8.67. The zero-order valence-electron chi connectivity index (χ0n) is 17.2. The number of thiophene rings is 1. The third-order valence-corrected chi connectivity index (χ3v) is 7.11. The molecule has 3 aromatic heterocycles. The van der Waals surface area contributed by atoms with Crippen LogP contribution in [0.1, 0.15) is 56.3 Å². The summed E-state index contributed by atoms with van der Waals surface area (Å²) in [6.07, 6.45) is 7.64. The van der Waals surface area contributed by atoms with Crippen molar-refractivity contribution in [3.63, 3.8) is 0 Å². The lowest BCUT2D eigenvalue weighted by atomic mass is 10.1. The van der Waals surface area contributed by atoms with E-state index in [2.05, 4.69) is 25.9 Å². The standard InChI is InChI=1S/C20H24N6O2S2/c1-11-14(12(2)26-19(21-11)22-20(25-26)29-3)10-17(27)23-24-18(28)16-9-13-7-5-4-6-8-15(13)30-16/h9H,4-8,10H2,1-3H3,(H,23,27)(H,24,28). The number of aryl methyl sites for hydroxylation is 4. The normalized spacial score (nSPS) is 13.7. The molecular weight excluding hydrogens is 420 g/mol. The highest BCUT2D eigenvalue weighted by atomic mass is 32.2. The molecule has 158 valence electrons. The van der Waals surface area contributed by atoms with Crippen LogP contribution < -0.4 is 10.9 Å². The number of carbonyl (C=O) groups excluding carboxylic acids is 2. The Morgan fingerprint density at radius 2 is 1.97 bits per heavy atom. The van der Waals surface area contributed by atoms with Crippen LogP contribution in [0.5, 0.6) is 0 Å². The maximum absolute atomic E-state index is 12.5. The zero-order chi connectivity index (χ0) is 21.3. The molecule has 2 N–H and O–H groups in total. The number of nitrogens with one attached hydrogen (secondary N) is 2. The first kappa shape index (κ1) is 20.8. The number of aromatic nitrogens is 4. The minimum absolute atomic E-state index is 0.0935. The number of amides is 2. The van der Waals surface area contributed by atoms with Gasteiger partial charge in [0.25, 0.3) is 11.7 Å². The molecule has 1 aliphatic rings. The molecule has 4 rings (SSSR count). The molecule has 0 atom stereocenters. The van der Waals surface area contributed by atoms with Gasteiger partial charge in [0.15, 0.2) is 0 Å². The lowest BCUT2D eigenvalue weighted by Gasteiger charge is -2.11. The molecule has 0 spiro atoms. The molecule has 3 aromatic rings. The first-order valence-electron chi connectivity index (χ1n) is 9.94. The molecule has 0 saturated carbocycles. The van der Waals surface area contributed by atoms with Crippen molar-refractivity contribution in [2.75, 3.05) is 6.26 Å². The Morgan fingerprint density at radius 1 is 1.17 bits per heavy atom. The Hall–Kier alpha value is -2.46. The number of hydrogen-bond acceptors (Lipinski definition) is 7. The van der Waals surface area contributed by atoms with E-state index in [9.17, 15) is 9.59 Å². The van der Waals surface area contributed by atoms with Crippen molar-refractivity contribution in [2.24, 2.45) is 0 Å². The van der Waals surface area contributed by atoms with E-state index in [1.54, 1.807) is 4.52 Å². The summed E-state index contributed by atoms with van der Waals surface area (Å²) in [6.45, 7) is 3.74. The van der Waals surface area contributed by atoms with Crippen molar-refractivity contribution in [1.29, 1.82) is 0 Å². The third kappa shape index (κ3) is 4.20. The largest absolute Gasteiger partial charge is 0.279 e. The van der Waals surface area contributed by atoms with Crippen LogP contribution in [-0.2, 0) is 24.1 Å². The fraction of sp³-hybridized carbons (Fsp3) is 0.450.